The Morgan fingerprint density at radius 2 is 2.04 bits per heavy atom. The number of hydrogen-bond acceptors (Lipinski definition) is 8. The molecule has 27 heavy (non-hydrogen) atoms. The molecule has 0 aliphatic carbocycles. The number of anilines is 1. The third kappa shape index (κ3) is 4.64. The Morgan fingerprint density at radius 3 is 2.63 bits per heavy atom. The molecule has 0 bridgehead atoms. The third-order valence-electron chi connectivity index (χ3n) is 4.42. The number of nitro benzene ring substituents is 1. The first kappa shape index (κ1) is 19.7. The van der Waals surface area contributed by atoms with Gasteiger partial charge in [0.25, 0.3) is 0 Å². The van der Waals surface area contributed by atoms with Crippen molar-refractivity contribution in [2.24, 2.45) is 0 Å². The van der Waals surface area contributed by atoms with Crippen molar-refractivity contribution >= 4 is 32.5 Å². The monoisotopic (exact) mass is 411 g/mol. The quantitative estimate of drug-likeness (QED) is 0.552. The highest BCUT2D eigenvalue weighted by molar-refractivity contribution is 7.90. The second kappa shape index (κ2) is 8.34. The van der Waals surface area contributed by atoms with E-state index in [1.54, 1.807) is 11.3 Å². The summed E-state index contributed by atoms with van der Waals surface area (Å²) in [5, 5.41) is 16.6. The van der Waals surface area contributed by atoms with Gasteiger partial charge in [0.1, 0.15) is 10.6 Å². The highest BCUT2D eigenvalue weighted by Gasteiger charge is 2.28. The van der Waals surface area contributed by atoms with E-state index in [-0.39, 0.29) is 16.6 Å². The van der Waals surface area contributed by atoms with Crippen LogP contribution in [0.15, 0.2) is 40.6 Å². The molecule has 10 heteroatoms. The zero-order chi connectivity index (χ0) is 19.4. The molecule has 1 saturated heterocycles. The minimum absolute atomic E-state index is 0.0235. The number of rotatable bonds is 7. The van der Waals surface area contributed by atoms with Crippen LogP contribution in [0.1, 0.15) is 10.9 Å². The molecule has 1 fully saturated rings. The molecular weight excluding hydrogens is 390 g/mol. The average Bonchev–Trinajstić information content (AvgIpc) is 3.16. The lowest BCUT2D eigenvalue weighted by Crippen LogP contribution is -2.41. The molecule has 1 aliphatic rings. The molecule has 146 valence electrons. The maximum absolute atomic E-state index is 11.9. The number of morpholine rings is 1. The zero-order valence-electron chi connectivity index (χ0n) is 14.8. The molecule has 1 aromatic heterocycles. The van der Waals surface area contributed by atoms with Crippen LogP contribution in [0, 0.1) is 10.1 Å². The van der Waals surface area contributed by atoms with E-state index in [1.807, 2.05) is 17.5 Å². The topological polar surface area (TPSA) is 102 Å². The van der Waals surface area contributed by atoms with E-state index in [9.17, 15) is 18.5 Å². The van der Waals surface area contributed by atoms with E-state index in [2.05, 4.69) is 10.2 Å². The van der Waals surface area contributed by atoms with Crippen molar-refractivity contribution in [3.8, 4) is 0 Å². The summed E-state index contributed by atoms with van der Waals surface area (Å²) in [6.07, 6.45) is 0.974. The summed E-state index contributed by atoms with van der Waals surface area (Å²) in [5.74, 6) is 0. The van der Waals surface area contributed by atoms with E-state index in [0.29, 0.717) is 19.8 Å². The number of hydrogen-bond donors (Lipinski definition) is 1. The van der Waals surface area contributed by atoms with Crippen LogP contribution in [0.25, 0.3) is 0 Å². The zero-order valence-corrected chi connectivity index (χ0v) is 16.5. The van der Waals surface area contributed by atoms with E-state index in [0.717, 1.165) is 24.2 Å². The molecular formula is C17H21N3O5S2. The fraction of sp³-hybridized carbons (Fsp3) is 0.412. The van der Waals surface area contributed by atoms with Gasteiger partial charge in [-0.2, -0.15) is 0 Å². The molecule has 0 radical (unpaired) electrons. The number of para-hydroxylation sites is 1. The lowest BCUT2D eigenvalue weighted by Gasteiger charge is -2.34. The molecule has 0 spiro atoms. The van der Waals surface area contributed by atoms with E-state index >= 15 is 0 Å². The van der Waals surface area contributed by atoms with Gasteiger partial charge in [0.15, 0.2) is 9.84 Å². The van der Waals surface area contributed by atoms with E-state index in [4.69, 9.17) is 4.74 Å². The van der Waals surface area contributed by atoms with Crippen molar-refractivity contribution in [1.29, 1.82) is 0 Å². The molecule has 1 N–H and O–H groups in total. The van der Waals surface area contributed by atoms with Crippen LogP contribution in [0.4, 0.5) is 11.4 Å². The van der Waals surface area contributed by atoms with Gasteiger partial charge < -0.3 is 10.1 Å². The van der Waals surface area contributed by atoms with Gasteiger partial charge in [-0.05, 0) is 23.6 Å². The van der Waals surface area contributed by atoms with Gasteiger partial charge in [0, 0.05) is 30.8 Å². The van der Waals surface area contributed by atoms with E-state index < -0.39 is 20.4 Å². The van der Waals surface area contributed by atoms with Gasteiger partial charge in [0.2, 0.25) is 0 Å². The fourth-order valence-electron chi connectivity index (χ4n) is 3.14. The summed E-state index contributed by atoms with van der Waals surface area (Å²) < 4.78 is 29.3. The maximum Gasteiger partial charge on any atom is 0.310 e. The molecule has 3 rings (SSSR count). The smallest absolute Gasteiger partial charge is 0.310 e. The van der Waals surface area contributed by atoms with Crippen molar-refractivity contribution < 1.29 is 18.1 Å². The number of nitro groups is 1. The van der Waals surface area contributed by atoms with Crippen LogP contribution >= 0.6 is 11.3 Å². The summed E-state index contributed by atoms with van der Waals surface area (Å²) >= 11 is 1.63. The maximum atomic E-state index is 11.9. The molecule has 2 heterocycles. The summed E-state index contributed by atoms with van der Waals surface area (Å²) in [7, 11) is -3.71. The number of ether oxygens (including phenoxy) is 1. The molecule has 1 aromatic carbocycles. The summed E-state index contributed by atoms with van der Waals surface area (Å²) in [6.45, 7) is 3.26. The Balaban J connectivity index is 1.88. The minimum atomic E-state index is -3.71. The second-order valence-corrected chi connectivity index (χ2v) is 9.21. The first-order chi connectivity index (χ1) is 12.9. The van der Waals surface area contributed by atoms with Gasteiger partial charge >= 0.3 is 5.69 Å². The van der Waals surface area contributed by atoms with Crippen LogP contribution < -0.4 is 5.32 Å². The highest BCUT2D eigenvalue weighted by atomic mass is 32.2. The Labute approximate surface area is 161 Å². The molecule has 0 saturated carbocycles. The molecule has 1 aliphatic heterocycles. The predicted octanol–water partition coefficient (Wildman–Crippen LogP) is 2.55. The van der Waals surface area contributed by atoms with Crippen molar-refractivity contribution in [2.45, 2.75) is 10.9 Å². The molecule has 8 nitrogen and oxygen atoms in total. The summed E-state index contributed by atoms with van der Waals surface area (Å²) in [5.41, 5.74) is -0.204. The first-order valence-electron chi connectivity index (χ1n) is 8.44. The summed E-state index contributed by atoms with van der Waals surface area (Å²) in [4.78, 5) is 14.0. The molecule has 0 amide bonds. The molecule has 1 unspecified atom stereocenters. The Bertz CT molecular complexity index is 893. The highest BCUT2D eigenvalue weighted by Crippen LogP contribution is 2.33. The number of benzene rings is 1. The third-order valence-corrected chi connectivity index (χ3v) is 6.53. The van der Waals surface area contributed by atoms with Crippen molar-refractivity contribution in [3.63, 3.8) is 0 Å². The van der Waals surface area contributed by atoms with Crippen LogP contribution in [0.2, 0.25) is 0 Å². The number of sulfone groups is 1. The Morgan fingerprint density at radius 1 is 1.30 bits per heavy atom. The predicted molar refractivity (Wildman–Crippen MR) is 104 cm³/mol. The van der Waals surface area contributed by atoms with Crippen LogP contribution in [-0.4, -0.2) is 57.3 Å². The van der Waals surface area contributed by atoms with E-state index in [1.165, 1.54) is 18.2 Å². The van der Waals surface area contributed by atoms with Gasteiger partial charge in [0.05, 0.1) is 24.2 Å². The number of nitrogens with one attached hydrogen (secondary N) is 1. The fourth-order valence-corrected chi connectivity index (χ4v) is 4.86. The van der Waals surface area contributed by atoms with Crippen molar-refractivity contribution in [3.05, 3.63) is 50.7 Å². The normalized spacial score (nSPS) is 16.8. The minimum Gasteiger partial charge on any atom is -0.379 e. The second-order valence-electron chi connectivity index (χ2n) is 6.24. The van der Waals surface area contributed by atoms with Gasteiger partial charge in [-0.25, -0.2) is 8.42 Å². The standard InChI is InChI=1S/C17H21N3O5S2/c1-27(23,24)16-6-2-4-13(17(16)20(21)22)18-12-14(15-5-3-11-26-15)19-7-9-25-10-8-19/h2-6,11,14,18H,7-10,12H2,1H3. The SMILES string of the molecule is CS(=O)(=O)c1cccc(NCC(c2cccs2)N2CCOCC2)c1[N+](=O)[O-]. The molecule has 1 atom stereocenters. The number of thiophene rings is 1. The first-order valence-corrected chi connectivity index (χ1v) is 11.2. The Kier molecular flexibility index (Phi) is 6.10. The number of nitrogens with zero attached hydrogens (tertiary/aromatic N) is 2. The largest absolute Gasteiger partial charge is 0.379 e. The van der Waals surface area contributed by atoms with Gasteiger partial charge in [-0.1, -0.05) is 12.1 Å². The lowest BCUT2D eigenvalue weighted by molar-refractivity contribution is -0.386. The van der Waals surface area contributed by atoms with Crippen LogP contribution in [0.3, 0.4) is 0 Å². The van der Waals surface area contributed by atoms with Gasteiger partial charge in [-0.15, -0.1) is 11.3 Å². The van der Waals surface area contributed by atoms with Crippen LogP contribution in [0.5, 0.6) is 0 Å². The van der Waals surface area contributed by atoms with Crippen molar-refractivity contribution in [1.82, 2.24) is 4.90 Å². The average molecular weight is 412 g/mol. The van der Waals surface area contributed by atoms with Gasteiger partial charge in [-0.3, -0.25) is 15.0 Å². The Hall–Kier alpha value is -2.01. The molecule has 2 aromatic rings. The van der Waals surface area contributed by atoms with Crippen molar-refractivity contribution in [2.75, 3.05) is 44.4 Å². The lowest BCUT2D eigenvalue weighted by atomic mass is 10.1. The summed E-state index contributed by atoms with van der Waals surface area (Å²) in [6, 6.07) is 8.35. The van der Waals surface area contributed by atoms with Crippen LogP contribution in [-0.2, 0) is 14.6 Å².